The third-order valence-corrected chi connectivity index (χ3v) is 6.91. The second-order valence-electron chi connectivity index (χ2n) is 9.17. The quantitative estimate of drug-likeness (QED) is 0.407. The molecule has 3 fully saturated rings. The molecular weight excluding hydrogens is 420 g/mol. The van der Waals surface area contributed by atoms with Crippen molar-refractivity contribution in [2.45, 2.75) is 39.0 Å². The minimum absolute atomic E-state index is 0.0823. The highest BCUT2D eigenvalue weighted by Gasteiger charge is 2.48. The van der Waals surface area contributed by atoms with Crippen LogP contribution in [0.2, 0.25) is 0 Å². The van der Waals surface area contributed by atoms with Gasteiger partial charge in [-0.05, 0) is 49.6 Å². The van der Waals surface area contributed by atoms with Crippen molar-refractivity contribution >= 4 is 35.1 Å². The number of ether oxygens (including phenoxy) is 1. The number of esters is 1. The molecule has 0 bridgehead atoms. The number of fused-ring (bicyclic) bond motifs is 1. The average Bonchev–Trinajstić information content (AvgIpc) is 3.32. The molecule has 0 N–H and O–H groups in total. The number of hydrogen-bond acceptors (Lipinski definition) is 5. The van der Waals surface area contributed by atoms with E-state index in [1.165, 1.54) is 4.90 Å². The smallest absolute Gasteiger partial charge is 0.316 e. The summed E-state index contributed by atoms with van der Waals surface area (Å²) in [7, 11) is 0. The van der Waals surface area contributed by atoms with Crippen LogP contribution in [0.15, 0.2) is 48.5 Å². The van der Waals surface area contributed by atoms with Crippen LogP contribution in [-0.2, 0) is 19.2 Å². The van der Waals surface area contributed by atoms with Crippen molar-refractivity contribution < 1.29 is 23.9 Å². The molecule has 2 aromatic rings. The van der Waals surface area contributed by atoms with Gasteiger partial charge in [-0.2, -0.15) is 0 Å². The van der Waals surface area contributed by atoms with Crippen molar-refractivity contribution in [1.29, 1.82) is 0 Å². The molecule has 0 spiro atoms. The first-order chi connectivity index (χ1) is 15.9. The fraction of sp³-hybridized carbons (Fsp3) is 0.385. The van der Waals surface area contributed by atoms with Crippen molar-refractivity contribution in [1.82, 2.24) is 0 Å². The Labute approximate surface area is 192 Å². The molecule has 3 aliphatic rings. The lowest BCUT2D eigenvalue weighted by Gasteiger charge is -2.19. The average molecular weight is 447 g/mol. The Morgan fingerprint density at radius 1 is 0.909 bits per heavy atom. The molecule has 3 amide bonds. The molecule has 3 atom stereocenters. The zero-order chi connectivity index (χ0) is 23.1. The van der Waals surface area contributed by atoms with E-state index in [-0.39, 0.29) is 48.3 Å². The van der Waals surface area contributed by atoms with Gasteiger partial charge in [0.05, 0.1) is 23.4 Å². The van der Waals surface area contributed by atoms with Gasteiger partial charge in [-0.15, -0.1) is 0 Å². The minimum atomic E-state index is -0.584. The summed E-state index contributed by atoms with van der Waals surface area (Å²) in [5.41, 5.74) is 2.23. The van der Waals surface area contributed by atoms with Crippen molar-refractivity contribution in [2.75, 3.05) is 16.3 Å². The van der Waals surface area contributed by atoms with Gasteiger partial charge in [0.2, 0.25) is 17.7 Å². The largest absolute Gasteiger partial charge is 0.426 e. The number of aryl methyl sites for hydroxylation is 1. The van der Waals surface area contributed by atoms with Crippen LogP contribution in [0.25, 0.3) is 0 Å². The van der Waals surface area contributed by atoms with Crippen LogP contribution in [0.5, 0.6) is 5.75 Å². The molecule has 1 aliphatic carbocycles. The lowest BCUT2D eigenvalue weighted by atomic mass is 9.81. The monoisotopic (exact) mass is 446 g/mol. The van der Waals surface area contributed by atoms with E-state index < -0.39 is 11.9 Å². The summed E-state index contributed by atoms with van der Waals surface area (Å²) in [6.45, 7) is 2.21. The molecule has 7 heteroatoms. The van der Waals surface area contributed by atoms with Crippen molar-refractivity contribution in [3.8, 4) is 5.75 Å². The second kappa shape index (κ2) is 8.46. The molecule has 170 valence electrons. The van der Waals surface area contributed by atoms with Crippen LogP contribution >= 0.6 is 0 Å². The van der Waals surface area contributed by atoms with Gasteiger partial charge in [0.1, 0.15) is 5.75 Å². The molecule has 33 heavy (non-hydrogen) atoms. The first kappa shape index (κ1) is 21.4. The van der Waals surface area contributed by atoms with Gasteiger partial charge in [0, 0.05) is 24.7 Å². The number of benzene rings is 2. The predicted octanol–water partition coefficient (Wildman–Crippen LogP) is 3.63. The molecule has 5 rings (SSSR count). The van der Waals surface area contributed by atoms with Crippen LogP contribution in [0.1, 0.15) is 37.7 Å². The van der Waals surface area contributed by atoms with Crippen LogP contribution in [0.4, 0.5) is 11.4 Å². The Morgan fingerprint density at radius 3 is 2.27 bits per heavy atom. The maximum absolute atomic E-state index is 12.9. The van der Waals surface area contributed by atoms with E-state index in [4.69, 9.17) is 4.74 Å². The Balaban J connectivity index is 1.29. The number of imide groups is 1. The summed E-state index contributed by atoms with van der Waals surface area (Å²) in [5.74, 6) is -1.75. The van der Waals surface area contributed by atoms with Crippen LogP contribution in [0, 0.1) is 24.7 Å². The van der Waals surface area contributed by atoms with E-state index >= 15 is 0 Å². The highest BCUT2D eigenvalue weighted by molar-refractivity contribution is 6.22. The van der Waals surface area contributed by atoms with E-state index in [0.717, 1.165) is 36.9 Å². The Bertz CT molecular complexity index is 1120. The Hall–Kier alpha value is -3.48. The lowest BCUT2D eigenvalue weighted by molar-refractivity contribution is -0.139. The summed E-state index contributed by atoms with van der Waals surface area (Å²) < 4.78 is 5.58. The van der Waals surface area contributed by atoms with E-state index in [1.54, 1.807) is 29.2 Å². The molecule has 0 radical (unpaired) electrons. The number of amides is 3. The summed E-state index contributed by atoms with van der Waals surface area (Å²) in [5, 5.41) is 0. The summed E-state index contributed by atoms with van der Waals surface area (Å²) in [6.07, 6.45) is 3.50. The zero-order valence-corrected chi connectivity index (χ0v) is 18.5. The summed E-state index contributed by atoms with van der Waals surface area (Å²) >= 11 is 0. The fourth-order valence-electron chi connectivity index (χ4n) is 5.21. The number of anilines is 2. The number of carbonyl (C=O) groups is 4. The Kier molecular flexibility index (Phi) is 5.48. The Morgan fingerprint density at radius 2 is 1.58 bits per heavy atom. The number of nitrogens with zero attached hydrogens (tertiary/aromatic N) is 2. The lowest BCUT2D eigenvalue weighted by Crippen LogP contribution is -2.31. The molecule has 2 aliphatic heterocycles. The van der Waals surface area contributed by atoms with Crippen molar-refractivity contribution in [3.63, 3.8) is 0 Å². The van der Waals surface area contributed by atoms with Gasteiger partial charge in [0.15, 0.2) is 0 Å². The molecule has 2 saturated heterocycles. The third-order valence-electron chi connectivity index (χ3n) is 6.91. The van der Waals surface area contributed by atoms with E-state index in [1.807, 2.05) is 31.2 Å². The highest BCUT2D eigenvalue weighted by Crippen LogP contribution is 2.40. The van der Waals surface area contributed by atoms with E-state index in [9.17, 15) is 19.2 Å². The van der Waals surface area contributed by atoms with Crippen molar-refractivity contribution in [3.05, 3.63) is 54.1 Å². The summed E-state index contributed by atoms with van der Waals surface area (Å²) in [6, 6.07) is 14.1. The number of hydrogen-bond donors (Lipinski definition) is 0. The van der Waals surface area contributed by atoms with Crippen molar-refractivity contribution in [2.24, 2.45) is 17.8 Å². The van der Waals surface area contributed by atoms with Crippen LogP contribution < -0.4 is 14.5 Å². The number of carbonyl (C=O) groups excluding carboxylic acids is 4. The van der Waals surface area contributed by atoms with Gasteiger partial charge in [-0.3, -0.25) is 19.2 Å². The summed E-state index contributed by atoms with van der Waals surface area (Å²) in [4.78, 5) is 53.9. The minimum Gasteiger partial charge on any atom is -0.426 e. The van der Waals surface area contributed by atoms with E-state index in [0.29, 0.717) is 5.69 Å². The normalized spacial score (nSPS) is 24.9. The highest BCUT2D eigenvalue weighted by atomic mass is 16.5. The van der Waals surface area contributed by atoms with Crippen LogP contribution in [-0.4, -0.2) is 30.2 Å². The standard InChI is InChI=1S/C26H26N2O5/c1-16-6-4-7-18(12-16)27-15-17(13-23(27)29)26(32)33-20-9-5-8-19(14-20)28-24(30)21-10-2-3-11-22(21)25(28)31/h4-9,12,14,17,21-22H,2-3,10-11,13,15H2,1H3/t17-,21-,22+/m0/s1. The first-order valence-corrected chi connectivity index (χ1v) is 11.5. The maximum atomic E-state index is 12.9. The second-order valence-corrected chi connectivity index (χ2v) is 9.17. The van der Waals surface area contributed by atoms with Gasteiger partial charge >= 0.3 is 5.97 Å². The zero-order valence-electron chi connectivity index (χ0n) is 18.5. The molecule has 2 heterocycles. The molecule has 0 unspecified atom stereocenters. The molecular formula is C26H26N2O5. The first-order valence-electron chi connectivity index (χ1n) is 11.5. The SMILES string of the molecule is Cc1cccc(N2C[C@@H](C(=O)Oc3cccc(N4C(=O)[C@H]5CCCC[C@H]5C4=O)c3)CC2=O)c1. The van der Waals surface area contributed by atoms with Gasteiger partial charge in [0.25, 0.3) is 0 Å². The van der Waals surface area contributed by atoms with E-state index in [2.05, 4.69) is 0 Å². The number of rotatable bonds is 4. The topological polar surface area (TPSA) is 84.0 Å². The predicted molar refractivity (Wildman–Crippen MR) is 122 cm³/mol. The molecule has 7 nitrogen and oxygen atoms in total. The van der Waals surface area contributed by atoms with Gasteiger partial charge < -0.3 is 9.64 Å². The molecule has 1 saturated carbocycles. The van der Waals surface area contributed by atoms with Gasteiger partial charge in [-0.1, -0.05) is 31.0 Å². The molecule has 0 aromatic heterocycles. The van der Waals surface area contributed by atoms with Gasteiger partial charge in [-0.25, -0.2) is 4.90 Å². The van der Waals surface area contributed by atoms with Crippen LogP contribution in [0.3, 0.4) is 0 Å². The fourth-order valence-corrected chi connectivity index (χ4v) is 5.21. The maximum Gasteiger partial charge on any atom is 0.316 e. The third kappa shape index (κ3) is 3.92. The molecule has 2 aromatic carbocycles.